The smallest absolute Gasteiger partial charge is 0.332 e. The van der Waals surface area contributed by atoms with Crippen LogP contribution in [0.2, 0.25) is 0 Å². The van der Waals surface area contributed by atoms with E-state index in [4.69, 9.17) is 4.42 Å². The van der Waals surface area contributed by atoms with Crippen molar-refractivity contribution in [2.75, 3.05) is 13.1 Å². The van der Waals surface area contributed by atoms with E-state index in [1.807, 2.05) is 0 Å². The molecule has 1 aliphatic rings. The van der Waals surface area contributed by atoms with Crippen LogP contribution < -0.4 is 11.2 Å². The Labute approximate surface area is 149 Å². The van der Waals surface area contributed by atoms with Crippen LogP contribution in [0.25, 0.3) is 10.9 Å². The van der Waals surface area contributed by atoms with Crippen LogP contribution in [0.1, 0.15) is 18.6 Å². The lowest BCUT2D eigenvalue weighted by molar-refractivity contribution is -0.130. The van der Waals surface area contributed by atoms with Crippen LogP contribution in [-0.4, -0.2) is 33.0 Å². The molecule has 1 amide bonds. The molecular formula is C19H19N3O4. The van der Waals surface area contributed by atoms with Gasteiger partial charge in [-0.05, 0) is 37.1 Å². The quantitative estimate of drug-likeness (QED) is 0.711. The summed E-state index contributed by atoms with van der Waals surface area (Å²) >= 11 is 0. The molecular weight excluding hydrogens is 334 g/mol. The molecule has 7 heteroatoms. The standard InChI is InChI=1S/C19H19N3O4/c23-17(20-9-3-4-10-20)13-21-16-8-2-1-7-15(16)18(24)22(19(21)25)12-14-6-5-11-26-14/h1-2,5-8,11H,3-4,9-10,12-13H2. The number of carbonyl (C=O) groups is 1. The van der Waals surface area contributed by atoms with Gasteiger partial charge in [-0.1, -0.05) is 12.1 Å². The fourth-order valence-corrected chi connectivity index (χ4v) is 3.42. The second-order valence-corrected chi connectivity index (χ2v) is 6.44. The van der Waals surface area contributed by atoms with Crippen molar-refractivity contribution >= 4 is 16.8 Å². The molecule has 2 aromatic heterocycles. The number of benzene rings is 1. The first-order chi connectivity index (χ1) is 12.6. The third-order valence-corrected chi connectivity index (χ3v) is 4.78. The van der Waals surface area contributed by atoms with Gasteiger partial charge in [0.15, 0.2) is 0 Å². The molecule has 0 spiro atoms. The predicted octanol–water partition coefficient (Wildman–Crippen LogP) is 1.43. The summed E-state index contributed by atoms with van der Waals surface area (Å²) in [5.74, 6) is 0.412. The van der Waals surface area contributed by atoms with E-state index in [0.717, 1.165) is 30.5 Å². The van der Waals surface area contributed by atoms with Crippen LogP contribution in [0.15, 0.2) is 56.7 Å². The summed E-state index contributed by atoms with van der Waals surface area (Å²) in [5, 5.41) is 0.410. The molecule has 0 radical (unpaired) electrons. The third-order valence-electron chi connectivity index (χ3n) is 4.78. The lowest BCUT2D eigenvalue weighted by Gasteiger charge is -2.18. The Morgan fingerprint density at radius 2 is 1.77 bits per heavy atom. The normalized spacial score (nSPS) is 14.2. The summed E-state index contributed by atoms with van der Waals surface area (Å²) in [5.41, 5.74) is -0.407. The highest BCUT2D eigenvalue weighted by atomic mass is 16.3. The van der Waals surface area contributed by atoms with Crippen LogP contribution in [0.4, 0.5) is 0 Å². The molecule has 0 atom stereocenters. The van der Waals surface area contributed by atoms with E-state index in [1.54, 1.807) is 41.3 Å². The van der Waals surface area contributed by atoms with E-state index in [-0.39, 0.29) is 24.6 Å². The van der Waals surface area contributed by atoms with Crippen LogP contribution in [-0.2, 0) is 17.9 Å². The van der Waals surface area contributed by atoms with Gasteiger partial charge in [0.1, 0.15) is 12.3 Å². The summed E-state index contributed by atoms with van der Waals surface area (Å²) in [6.45, 7) is 1.40. The molecule has 1 aromatic carbocycles. The maximum Gasteiger partial charge on any atom is 0.332 e. The number of para-hydroxylation sites is 1. The van der Waals surface area contributed by atoms with Gasteiger partial charge in [-0.15, -0.1) is 0 Å². The number of fused-ring (bicyclic) bond motifs is 1. The molecule has 134 valence electrons. The van der Waals surface area contributed by atoms with E-state index in [9.17, 15) is 14.4 Å². The number of furan rings is 1. The molecule has 3 heterocycles. The average molecular weight is 353 g/mol. The van der Waals surface area contributed by atoms with Gasteiger partial charge in [-0.25, -0.2) is 4.79 Å². The highest BCUT2D eigenvalue weighted by Gasteiger charge is 2.21. The minimum Gasteiger partial charge on any atom is -0.467 e. The Morgan fingerprint density at radius 3 is 2.50 bits per heavy atom. The molecule has 0 unspecified atom stereocenters. The summed E-state index contributed by atoms with van der Waals surface area (Å²) in [6, 6.07) is 10.3. The number of nitrogens with zero attached hydrogens (tertiary/aromatic N) is 3. The third kappa shape index (κ3) is 2.85. The number of aromatic nitrogens is 2. The zero-order chi connectivity index (χ0) is 18.1. The lowest BCUT2D eigenvalue weighted by atomic mass is 10.2. The monoisotopic (exact) mass is 353 g/mol. The van der Waals surface area contributed by atoms with E-state index < -0.39 is 5.69 Å². The Hall–Kier alpha value is -3.09. The predicted molar refractivity (Wildman–Crippen MR) is 96.1 cm³/mol. The first kappa shape index (κ1) is 16.4. The van der Waals surface area contributed by atoms with Crippen molar-refractivity contribution in [1.29, 1.82) is 0 Å². The lowest BCUT2D eigenvalue weighted by Crippen LogP contribution is -2.43. The minimum absolute atomic E-state index is 0.0351. The molecule has 4 rings (SSSR count). The van der Waals surface area contributed by atoms with E-state index >= 15 is 0 Å². The SMILES string of the molecule is O=C(Cn1c(=O)n(Cc2ccco2)c(=O)c2ccccc21)N1CCCC1. The van der Waals surface area contributed by atoms with Gasteiger partial charge in [0.25, 0.3) is 5.56 Å². The molecule has 1 fully saturated rings. The number of likely N-dealkylation sites (tertiary alicyclic amines) is 1. The molecule has 0 saturated carbocycles. The summed E-state index contributed by atoms with van der Waals surface area (Å²) in [7, 11) is 0. The second kappa shape index (κ2) is 6.67. The maximum absolute atomic E-state index is 13.0. The summed E-state index contributed by atoms with van der Waals surface area (Å²) in [6.07, 6.45) is 3.47. The van der Waals surface area contributed by atoms with Crippen molar-refractivity contribution in [3.8, 4) is 0 Å². The number of carbonyl (C=O) groups excluding carboxylic acids is 1. The van der Waals surface area contributed by atoms with Crippen LogP contribution in [0, 0.1) is 0 Å². The second-order valence-electron chi connectivity index (χ2n) is 6.44. The Balaban J connectivity index is 1.83. The van der Waals surface area contributed by atoms with Gasteiger partial charge in [0.2, 0.25) is 5.91 Å². The van der Waals surface area contributed by atoms with Crippen molar-refractivity contribution < 1.29 is 9.21 Å². The first-order valence-corrected chi connectivity index (χ1v) is 8.67. The minimum atomic E-state index is -0.502. The van der Waals surface area contributed by atoms with Crippen molar-refractivity contribution in [1.82, 2.24) is 14.0 Å². The highest BCUT2D eigenvalue weighted by Crippen LogP contribution is 2.12. The molecule has 7 nitrogen and oxygen atoms in total. The van der Waals surface area contributed by atoms with Gasteiger partial charge >= 0.3 is 5.69 Å². The van der Waals surface area contributed by atoms with Crippen LogP contribution >= 0.6 is 0 Å². The van der Waals surface area contributed by atoms with E-state index in [1.165, 1.54) is 10.8 Å². The Bertz CT molecular complexity index is 1060. The van der Waals surface area contributed by atoms with Gasteiger partial charge in [-0.2, -0.15) is 0 Å². The Kier molecular flexibility index (Phi) is 4.20. The topological polar surface area (TPSA) is 77.5 Å². The zero-order valence-corrected chi connectivity index (χ0v) is 14.3. The fourth-order valence-electron chi connectivity index (χ4n) is 3.42. The summed E-state index contributed by atoms with van der Waals surface area (Å²) in [4.78, 5) is 40.1. The van der Waals surface area contributed by atoms with Crippen molar-refractivity contribution in [2.45, 2.75) is 25.9 Å². The van der Waals surface area contributed by atoms with Crippen molar-refractivity contribution in [3.05, 3.63) is 69.3 Å². The molecule has 1 saturated heterocycles. The van der Waals surface area contributed by atoms with Crippen molar-refractivity contribution in [3.63, 3.8) is 0 Å². The highest BCUT2D eigenvalue weighted by molar-refractivity contribution is 5.81. The van der Waals surface area contributed by atoms with Crippen LogP contribution in [0.3, 0.4) is 0 Å². The Morgan fingerprint density at radius 1 is 1.00 bits per heavy atom. The van der Waals surface area contributed by atoms with Gasteiger partial charge in [-0.3, -0.25) is 18.7 Å². The van der Waals surface area contributed by atoms with E-state index in [2.05, 4.69) is 0 Å². The molecule has 0 aliphatic carbocycles. The average Bonchev–Trinajstić information content (AvgIpc) is 3.36. The number of hydrogen-bond donors (Lipinski definition) is 0. The number of amides is 1. The van der Waals surface area contributed by atoms with Gasteiger partial charge < -0.3 is 9.32 Å². The molecule has 0 bridgehead atoms. The molecule has 26 heavy (non-hydrogen) atoms. The molecule has 0 N–H and O–H groups in total. The first-order valence-electron chi connectivity index (χ1n) is 8.67. The molecule has 1 aliphatic heterocycles. The number of rotatable bonds is 4. The van der Waals surface area contributed by atoms with Gasteiger partial charge in [0, 0.05) is 13.1 Å². The largest absolute Gasteiger partial charge is 0.467 e. The molecule has 3 aromatic rings. The summed E-state index contributed by atoms with van der Waals surface area (Å²) < 4.78 is 7.79. The number of hydrogen-bond acceptors (Lipinski definition) is 4. The van der Waals surface area contributed by atoms with E-state index in [0.29, 0.717) is 16.7 Å². The van der Waals surface area contributed by atoms with Gasteiger partial charge in [0.05, 0.1) is 23.7 Å². The van der Waals surface area contributed by atoms with Crippen molar-refractivity contribution in [2.24, 2.45) is 0 Å². The fraction of sp³-hybridized carbons (Fsp3) is 0.316. The zero-order valence-electron chi connectivity index (χ0n) is 14.3. The van der Waals surface area contributed by atoms with Crippen LogP contribution in [0.5, 0.6) is 0 Å². The maximum atomic E-state index is 13.0.